The number of amides is 2. The van der Waals surface area contributed by atoms with E-state index in [1.54, 1.807) is 0 Å². The van der Waals surface area contributed by atoms with Crippen molar-refractivity contribution in [3.05, 3.63) is 60.2 Å². The first-order valence-electron chi connectivity index (χ1n) is 11.9. The first-order chi connectivity index (χ1) is 15.5. The molecule has 0 bridgehead atoms. The Morgan fingerprint density at radius 1 is 0.938 bits per heavy atom. The van der Waals surface area contributed by atoms with Crippen molar-refractivity contribution in [2.45, 2.75) is 64.8 Å². The molecule has 0 heterocycles. The first kappa shape index (κ1) is 23.8. The van der Waals surface area contributed by atoms with Crippen molar-refractivity contribution in [1.82, 2.24) is 5.32 Å². The third kappa shape index (κ3) is 7.70. The predicted octanol–water partition coefficient (Wildman–Crippen LogP) is 5.36. The number of hydrogen-bond acceptors (Lipinski definition) is 3. The number of carbonyl (C=O) groups is 2. The molecule has 1 saturated carbocycles. The minimum atomic E-state index is -0.0739. The van der Waals surface area contributed by atoms with E-state index in [0.717, 1.165) is 24.3 Å². The number of nitrogens with one attached hydrogen (secondary N) is 2. The Balaban J connectivity index is 1.32. The van der Waals surface area contributed by atoms with Crippen molar-refractivity contribution in [3.63, 3.8) is 0 Å². The molecule has 0 aliphatic heterocycles. The second-order valence-electron chi connectivity index (χ2n) is 8.95. The van der Waals surface area contributed by atoms with Gasteiger partial charge < -0.3 is 15.4 Å². The highest BCUT2D eigenvalue weighted by molar-refractivity contribution is 5.91. The lowest BCUT2D eigenvalue weighted by Gasteiger charge is -2.34. The number of benzene rings is 2. The topological polar surface area (TPSA) is 67.4 Å². The first-order valence-corrected chi connectivity index (χ1v) is 11.9. The van der Waals surface area contributed by atoms with E-state index in [-0.39, 0.29) is 17.9 Å². The van der Waals surface area contributed by atoms with Crippen molar-refractivity contribution < 1.29 is 14.3 Å². The van der Waals surface area contributed by atoms with E-state index in [9.17, 15) is 9.59 Å². The zero-order chi connectivity index (χ0) is 22.8. The van der Waals surface area contributed by atoms with Gasteiger partial charge in [-0.25, -0.2) is 0 Å². The van der Waals surface area contributed by atoms with Gasteiger partial charge in [-0.15, -0.1) is 0 Å². The van der Waals surface area contributed by atoms with Crippen LogP contribution >= 0.6 is 0 Å². The summed E-state index contributed by atoms with van der Waals surface area (Å²) < 4.78 is 5.78. The number of carbonyl (C=O) groups excluding carboxylic acids is 2. The van der Waals surface area contributed by atoms with Crippen molar-refractivity contribution in [2.75, 3.05) is 11.9 Å². The summed E-state index contributed by atoms with van der Waals surface area (Å²) in [4.78, 5) is 24.5. The van der Waals surface area contributed by atoms with Crippen LogP contribution in [-0.2, 0) is 16.0 Å². The van der Waals surface area contributed by atoms with Crippen LogP contribution in [0.4, 0.5) is 5.69 Å². The number of rotatable bonds is 10. The smallest absolute Gasteiger partial charge is 0.224 e. The molecule has 1 fully saturated rings. The molecule has 2 aromatic rings. The average Bonchev–Trinajstić information content (AvgIpc) is 2.79. The molecule has 2 N–H and O–H groups in total. The summed E-state index contributed by atoms with van der Waals surface area (Å²) in [7, 11) is 0. The van der Waals surface area contributed by atoms with Gasteiger partial charge in [0.15, 0.2) is 0 Å². The third-order valence-electron chi connectivity index (χ3n) is 6.50. The molecule has 2 aromatic carbocycles. The van der Waals surface area contributed by atoms with Gasteiger partial charge in [-0.3, -0.25) is 9.59 Å². The molecule has 0 radical (unpaired) electrons. The molecule has 2 amide bonds. The van der Waals surface area contributed by atoms with Crippen molar-refractivity contribution in [2.24, 2.45) is 11.8 Å². The van der Waals surface area contributed by atoms with Gasteiger partial charge in [0.25, 0.3) is 0 Å². The SMILES string of the molecule is CC1CCCC(NC(=O)CCCC(=O)Nc2ccc(OCCc3ccccc3)cc2)C1C. The summed E-state index contributed by atoms with van der Waals surface area (Å²) in [5, 5.41) is 6.06. The van der Waals surface area contributed by atoms with Gasteiger partial charge in [0.1, 0.15) is 5.75 Å². The van der Waals surface area contributed by atoms with Gasteiger partial charge in [0.2, 0.25) is 11.8 Å². The normalized spacial score (nSPS) is 20.4. The zero-order valence-electron chi connectivity index (χ0n) is 19.3. The van der Waals surface area contributed by atoms with Crippen LogP contribution in [0.1, 0.15) is 57.9 Å². The van der Waals surface area contributed by atoms with Gasteiger partial charge in [0.05, 0.1) is 6.61 Å². The van der Waals surface area contributed by atoms with Crippen LogP contribution in [0.15, 0.2) is 54.6 Å². The summed E-state index contributed by atoms with van der Waals surface area (Å²) in [5.74, 6) is 1.93. The number of hydrogen-bond donors (Lipinski definition) is 2. The maximum Gasteiger partial charge on any atom is 0.224 e. The van der Waals surface area contributed by atoms with E-state index in [0.29, 0.717) is 37.7 Å². The fraction of sp³-hybridized carbons (Fsp3) is 0.481. The summed E-state index contributed by atoms with van der Waals surface area (Å²) in [6.07, 6.45) is 5.60. The standard InChI is InChI=1S/C27H36N2O3/c1-20-8-6-11-25(21(20)2)29-27(31)13-7-12-26(30)28-23-14-16-24(17-15-23)32-19-18-22-9-4-3-5-10-22/h3-5,9-10,14-17,20-21,25H,6-8,11-13,18-19H2,1-2H3,(H,28,30)(H,29,31). The Labute approximate surface area is 191 Å². The van der Waals surface area contributed by atoms with Gasteiger partial charge >= 0.3 is 0 Å². The maximum atomic E-state index is 12.3. The molecule has 172 valence electrons. The van der Waals surface area contributed by atoms with Gasteiger partial charge in [-0.05, 0) is 54.5 Å². The van der Waals surface area contributed by atoms with E-state index in [4.69, 9.17) is 4.74 Å². The van der Waals surface area contributed by atoms with Crippen LogP contribution in [0.3, 0.4) is 0 Å². The summed E-state index contributed by atoms with van der Waals surface area (Å²) in [6.45, 7) is 5.09. The van der Waals surface area contributed by atoms with Crippen molar-refractivity contribution >= 4 is 17.5 Å². The Bertz CT molecular complexity index is 851. The largest absolute Gasteiger partial charge is 0.493 e. The Morgan fingerprint density at radius 3 is 2.41 bits per heavy atom. The minimum absolute atomic E-state index is 0.0563. The van der Waals surface area contributed by atoms with Crippen LogP contribution < -0.4 is 15.4 Å². The van der Waals surface area contributed by atoms with Gasteiger partial charge in [0, 0.05) is 31.0 Å². The van der Waals surface area contributed by atoms with E-state index in [1.807, 2.05) is 42.5 Å². The van der Waals surface area contributed by atoms with Crippen LogP contribution in [0.2, 0.25) is 0 Å². The molecule has 3 rings (SSSR count). The molecule has 0 aromatic heterocycles. The van der Waals surface area contributed by atoms with Gasteiger partial charge in [-0.2, -0.15) is 0 Å². The molecule has 32 heavy (non-hydrogen) atoms. The molecule has 3 atom stereocenters. The fourth-order valence-electron chi connectivity index (χ4n) is 4.26. The van der Waals surface area contributed by atoms with Crippen LogP contribution in [0.25, 0.3) is 0 Å². The second-order valence-corrected chi connectivity index (χ2v) is 8.95. The lowest BCUT2D eigenvalue weighted by molar-refractivity contribution is -0.122. The highest BCUT2D eigenvalue weighted by atomic mass is 16.5. The Morgan fingerprint density at radius 2 is 1.66 bits per heavy atom. The lowest BCUT2D eigenvalue weighted by Crippen LogP contribution is -2.43. The lowest BCUT2D eigenvalue weighted by atomic mass is 9.78. The predicted molar refractivity (Wildman–Crippen MR) is 129 cm³/mol. The number of ether oxygens (including phenoxy) is 1. The summed E-state index contributed by atoms with van der Waals surface area (Å²) in [5.41, 5.74) is 1.98. The maximum absolute atomic E-state index is 12.3. The zero-order valence-corrected chi connectivity index (χ0v) is 19.3. The molecule has 0 saturated heterocycles. The quantitative estimate of drug-likeness (QED) is 0.527. The van der Waals surface area contributed by atoms with E-state index >= 15 is 0 Å². The van der Waals surface area contributed by atoms with E-state index < -0.39 is 0 Å². The Hall–Kier alpha value is -2.82. The molecule has 0 spiro atoms. The second kappa shape index (κ2) is 12.3. The van der Waals surface area contributed by atoms with E-state index in [2.05, 4.69) is 36.6 Å². The summed E-state index contributed by atoms with van der Waals surface area (Å²) >= 11 is 0. The highest BCUT2D eigenvalue weighted by Crippen LogP contribution is 2.29. The molecule has 1 aliphatic carbocycles. The van der Waals surface area contributed by atoms with Crippen LogP contribution in [0, 0.1) is 11.8 Å². The summed E-state index contributed by atoms with van der Waals surface area (Å²) in [6, 6.07) is 17.9. The highest BCUT2D eigenvalue weighted by Gasteiger charge is 2.27. The minimum Gasteiger partial charge on any atom is -0.493 e. The van der Waals surface area contributed by atoms with Crippen LogP contribution in [-0.4, -0.2) is 24.5 Å². The molecule has 5 heteroatoms. The van der Waals surface area contributed by atoms with E-state index in [1.165, 1.54) is 18.4 Å². The molecular weight excluding hydrogens is 400 g/mol. The number of anilines is 1. The Kier molecular flexibility index (Phi) is 9.14. The molecular formula is C27H36N2O3. The van der Waals surface area contributed by atoms with Crippen LogP contribution in [0.5, 0.6) is 5.75 Å². The van der Waals surface area contributed by atoms with Crippen molar-refractivity contribution in [3.8, 4) is 5.75 Å². The monoisotopic (exact) mass is 436 g/mol. The van der Waals surface area contributed by atoms with Crippen molar-refractivity contribution in [1.29, 1.82) is 0 Å². The molecule has 1 aliphatic rings. The fourth-order valence-corrected chi connectivity index (χ4v) is 4.26. The van der Waals surface area contributed by atoms with Gasteiger partial charge in [-0.1, -0.05) is 57.0 Å². The molecule has 5 nitrogen and oxygen atoms in total. The average molecular weight is 437 g/mol. The molecule has 3 unspecified atom stereocenters. The third-order valence-corrected chi connectivity index (χ3v) is 6.50.